The van der Waals surface area contributed by atoms with Gasteiger partial charge in [0.2, 0.25) is 0 Å². The minimum absolute atomic E-state index is 0.390. The van der Waals surface area contributed by atoms with Crippen LogP contribution < -0.4 is 4.74 Å². The molecular formula is C13H18O2. The zero-order valence-electron chi connectivity index (χ0n) is 9.35. The van der Waals surface area contributed by atoms with Crippen LogP contribution in [0.1, 0.15) is 13.8 Å². The molecule has 0 heterocycles. The van der Waals surface area contributed by atoms with Crippen molar-refractivity contribution in [3.63, 3.8) is 0 Å². The summed E-state index contributed by atoms with van der Waals surface area (Å²) < 4.78 is 10.9. The fourth-order valence-corrected chi connectivity index (χ4v) is 1.12. The molecule has 2 nitrogen and oxygen atoms in total. The number of allylic oxidation sites excluding steroid dienone is 1. The van der Waals surface area contributed by atoms with Gasteiger partial charge in [-0.2, -0.15) is 0 Å². The number of hydrogen-bond donors (Lipinski definition) is 0. The first-order valence-corrected chi connectivity index (χ1v) is 5.23. The van der Waals surface area contributed by atoms with Crippen LogP contribution in [0.15, 0.2) is 42.7 Å². The standard InChI is InChI=1S/C13H18O2/c1-3-9-14-10-12(2)11-15-13-7-5-4-6-8-13/h3-9,12H,10-11H2,1-2H3. The van der Waals surface area contributed by atoms with Crippen LogP contribution in [0, 0.1) is 5.92 Å². The predicted molar refractivity (Wildman–Crippen MR) is 61.9 cm³/mol. The molecule has 0 spiro atoms. The molecule has 1 rings (SSSR count). The molecule has 0 amide bonds. The Hall–Kier alpha value is -1.44. The first-order valence-electron chi connectivity index (χ1n) is 5.23. The lowest BCUT2D eigenvalue weighted by Gasteiger charge is -2.12. The normalized spacial score (nSPS) is 12.7. The average molecular weight is 206 g/mol. The Labute approximate surface area is 91.5 Å². The number of para-hydroxylation sites is 1. The maximum atomic E-state index is 5.59. The Kier molecular flexibility index (Phi) is 5.38. The molecule has 1 aromatic rings. The molecule has 0 N–H and O–H groups in total. The molecule has 0 aromatic heterocycles. The van der Waals surface area contributed by atoms with Crippen molar-refractivity contribution in [2.75, 3.05) is 13.2 Å². The summed E-state index contributed by atoms with van der Waals surface area (Å²) in [6.45, 7) is 5.41. The van der Waals surface area contributed by atoms with Crippen molar-refractivity contribution >= 4 is 0 Å². The number of benzene rings is 1. The number of hydrogen-bond acceptors (Lipinski definition) is 2. The van der Waals surface area contributed by atoms with Crippen LogP contribution in [0.4, 0.5) is 0 Å². The lowest BCUT2D eigenvalue weighted by molar-refractivity contribution is 0.156. The SMILES string of the molecule is CC=COCC(C)COc1ccccc1. The molecule has 2 heteroatoms. The third-order valence-electron chi connectivity index (χ3n) is 1.89. The van der Waals surface area contributed by atoms with E-state index in [-0.39, 0.29) is 0 Å². The van der Waals surface area contributed by atoms with E-state index in [2.05, 4.69) is 6.92 Å². The molecule has 0 fully saturated rings. The van der Waals surface area contributed by atoms with Crippen molar-refractivity contribution < 1.29 is 9.47 Å². The predicted octanol–water partition coefficient (Wildman–Crippen LogP) is 3.25. The van der Waals surface area contributed by atoms with Crippen LogP contribution in [0.2, 0.25) is 0 Å². The molecule has 0 radical (unpaired) electrons. The summed E-state index contributed by atoms with van der Waals surface area (Å²) in [6.07, 6.45) is 3.59. The monoisotopic (exact) mass is 206 g/mol. The molecular weight excluding hydrogens is 188 g/mol. The fraction of sp³-hybridized carbons (Fsp3) is 0.385. The largest absolute Gasteiger partial charge is 0.501 e. The molecule has 0 aliphatic rings. The van der Waals surface area contributed by atoms with Crippen molar-refractivity contribution in [2.24, 2.45) is 5.92 Å². The van der Waals surface area contributed by atoms with Gasteiger partial charge in [-0.25, -0.2) is 0 Å². The molecule has 0 aliphatic heterocycles. The van der Waals surface area contributed by atoms with Gasteiger partial charge in [0, 0.05) is 5.92 Å². The van der Waals surface area contributed by atoms with Gasteiger partial charge in [-0.15, -0.1) is 0 Å². The van der Waals surface area contributed by atoms with Gasteiger partial charge in [0.1, 0.15) is 5.75 Å². The van der Waals surface area contributed by atoms with Crippen LogP contribution in [0.5, 0.6) is 5.75 Å². The van der Waals surface area contributed by atoms with Crippen molar-refractivity contribution in [3.8, 4) is 5.75 Å². The number of rotatable bonds is 6. The first kappa shape index (κ1) is 11.6. The third-order valence-corrected chi connectivity index (χ3v) is 1.89. The highest BCUT2D eigenvalue weighted by molar-refractivity contribution is 5.20. The minimum atomic E-state index is 0.390. The molecule has 82 valence electrons. The molecule has 1 atom stereocenters. The second kappa shape index (κ2) is 6.93. The quantitative estimate of drug-likeness (QED) is 0.665. The second-order valence-corrected chi connectivity index (χ2v) is 3.53. The molecule has 15 heavy (non-hydrogen) atoms. The van der Waals surface area contributed by atoms with E-state index in [0.717, 1.165) is 5.75 Å². The van der Waals surface area contributed by atoms with Gasteiger partial charge in [-0.3, -0.25) is 0 Å². The van der Waals surface area contributed by atoms with Gasteiger partial charge in [-0.1, -0.05) is 31.2 Å². The number of ether oxygens (including phenoxy) is 2. The molecule has 1 aromatic carbocycles. The van der Waals surface area contributed by atoms with E-state index >= 15 is 0 Å². The molecule has 0 saturated heterocycles. The Morgan fingerprint density at radius 1 is 1.20 bits per heavy atom. The minimum Gasteiger partial charge on any atom is -0.501 e. The van der Waals surface area contributed by atoms with E-state index in [4.69, 9.17) is 9.47 Å². The second-order valence-electron chi connectivity index (χ2n) is 3.53. The Morgan fingerprint density at radius 3 is 2.60 bits per heavy atom. The highest BCUT2D eigenvalue weighted by Crippen LogP contribution is 2.10. The van der Waals surface area contributed by atoms with Gasteiger partial charge < -0.3 is 9.47 Å². The summed E-state index contributed by atoms with van der Waals surface area (Å²) in [7, 11) is 0. The van der Waals surface area contributed by atoms with E-state index in [9.17, 15) is 0 Å². The topological polar surface area (TPSA) is 18.5 Å². The lowest BCUT2D eigenvalue weighted by atomic mass is 10.2. The van der Waals surface area contributed by atoms with E-state index in [1.807, 2.05) is 43.3 Å². The molecule has 0 saturated carbocycles. The van der Waals surface area contributed by atoms with Crippen LogP contribution in [0.3, 0.4) is 0 Å². The summed E-state index contributed by atoms with van der Waals surface area (Å²) in [6, 6.07) is 9.83. The van der Waals surface area contributed by atoms with Gasteiger partial charge >= 0.3 is 0 Å². The first-order chi connectivity index (χ1) is 7.33. The summed E-state index contributed by atoms with van der Waals surface area (Å²) in [5.74, 6) is 1.30. The van der Waals surface area contributed by atoms with Crippen LogP contribution in [-0.4, -0.2) is 13.2 Å². The zero-order valence-corrected chi connectivity index (χ0v) is 9.35. The van der Waals surface area contributed by atoms with Crippen LogP contribution in [0.25, 0.3) is 0 Å². The Bertz CT molecular complexity index is 280. The van der Waals surface area contributed by atoms with Crippen molar-refractivity contribution in [1.29, 1.82) is 0 Å². The van der Waals surface area contributed by atoms with E-state index < -0.39 is 0 Å². The van der Waals surface area contributed by atoms with Crippen molar-refractivity contribution in [3.05, 3.63) is 42.7 Å². The summed E-state index contributed by atoms with van der Waals surface area (Å²) in [5, 5.41) is 0. The zero-order chi connectivity index (χ0) is 10.9. The van der Waals surface area contributed by atoms with Gasteiger partial charge in [0.05, 0.1) is 19.5 Å². The fourth-order valence-electron chi connectivity index (χ4n) is 1.12. The van der Waals surface area contributed by atoms with Gasteiger partial charge in [-0.05, 0) is 19.1 Å². The van der Waals surface area contributed by atoms with Crippen molar-refractivity contribution in [1.82, 2.24) is 0 Å². The van der Waals surface area contributed by atoms with E-state index in [1.165, 1.54) is 0 Å². The van der Waals surface area contributed by atoms with E-state index in [0.29, 0.717) is 19.1 Å². The highest BCUT2D eigenvalue weighted by atomic mass is 16.5. The molecule has 0 bridgehead atoms. The molecule has 0 aliphatic carbocycles. The summed E-state index contributed by atoms with van der Waals surface area (Å²) in [5.41, 5.74) is 0. The third kappa shape index (κ3) is 5.11. The highest BCUT2D eigenvalue weighted by Gasteiger charge is 2.02. The van der Waals surface area contributed by atoms with Crippen LogP contribution in [-0.2, 0) is 4.74 Å². The lowest BCUT2D eigenvalue weighted by Crippen LogP contribution is -2.13. The van der Waals surface area contributed by atoms with Crippen LogP contribution >= 0.6 is 0 Å². The average Bonchev–Trinajstić information content (AvgIpc) is 2.28. The van der Waals surface area contributed by atoms with Crippen molar-refractivity contribution in [2.45, 2.75) is 13.8 Å². The maximum absolute atomic E-state index is 5.59. The Balaban J connectivity index is 2.19. The van der Waals surface area contributed by atoms with Gasteiger partial charge in [0.15, 0.2) is 0 Å². The van der Waals surface area contributed by atoms with Gasteiger partial charge in [0.25, 0.3) is 0 Å². The maximum Gasteiger partial charge on any atom is 0.119 e. The Morgan fingerprint density at radius 2 is 1.93 bits per heavy atom. The smallest absolute Gasteiger partial charge is 0.119 e. The summed E-state index contributed by atoms with van der Waals surface area (Å²) in [4.78, 5) is 0. The molecule has 1 unspecified atom stereocenters. The summed E-state index contributed by atoms with van der Waals surface area (Å²) >= 11 is 0. The van der Waals surface area contributed by atoms with E-state index in [1.54, 1.807) is 6.26 Å².